The number of rotatable bonds is 24. The minimum Gasteiger partial charge on any atom is -0.478 e. The van der Waals surface area contributed by atoms with Crippen LogP contribution >= 0.6 is 0 Å². The number of aromatic nitrogens is 2. The zero-order chi connectivity index (χ0) is 101. The fourth-order valence-electron chi connectivity index (χ4n) is 21.4. The molecule has 143 heavy (non-hydrogen) atoms. The van der Waals surface area contributed by atoms with E-state index in [1.54, 1.807) is 74.5 Å². The van der Waals surface area contributed by atoms with Gasteiger partial charge in [0.05, 0.1) is 78.1 Å². The fourth-order valence-corrected chi connectivity index (χ4v) is 21.4. The van der Waals surface area contributed by atoms with Crippen molar-refractivity contribution in [2.24, 2.45) is 47.3 Å². The van der Waals surface area contributed by atoms with E-state index in [-0.39, 0.29) is 82.6 Å². The van der Waals surface area contributed by atoms with E-state index in [1.807, 2.05) is 159 Å². The third kappa shape index (κ3) is 23.0. The van der Waals surface area contributed by atoms with Gasteiger partial charge in [-0.05, 0) is 345 Å². The molecule has 25 heteroatoms. The Bertz CT molecular complexity index is 7040. The van der Waals surface area contributed by atoms with Crippen LogP contribution in [0.25, 0.3) is 99.9 Å². The molecule has 5 fully saturated rings. The van der Waals surface area contributed by atoms with Crippen LogP contribution in [0, 0.1) is 47.3 Å². The number of carboxylic acids is 2. The molecule has 0 spiro atoms. The zero-order valence-electron chi connectivity index (χ0n) is 84.6. The zero-order valence-corrected chi connectivity index (χ0v) is 84.6. The monoisotopic (exact) mass is 1940 g/mol. The molecule has 14 aromatic rings. The average molecular weight is 1940 g/mol. The van der Waals surface area contributed by atoms with Gasteiger partial charge in [-0.1, -0.05) is 64.1 Å². The first-order valence-corrected chi connectivity index (χ1v) is 51.0. The number of amides is 4. The van der Waals surface area contributed by atoms with Crippen molar-refractivity contribution in [3.8, 4) is 0 Å². The maximum absolute atomic E-state index is 13.9. The van der Waals surface area contributed by atoms with Crippen LogP contribution in [0.3, 0.4) is 0 Å². The second-order valence-corrected chi connectivity index (χ2v) is 41.1. The van der Waals surface area contributed by atoms with Gasteiger partial charge in [0, 0.05) is 134 Å². The number of aldehydes is 1. The van der Waals surface area contributed by atoms with Gasteiger partial charge in [-0.25, -0.2) is 19.2 Å². The molecule has 19 rings (SSSR count). The number of esters is 2. The molecule has 8 aromatic carbocycles. The number of benzene rings is 8. The Hall–Kier alpha value is -13.7. The summed E-state index contributed by atoms with van der Waals surface area (Å²) >= 11 is 0. The number of anilines is 4. The quantitative estimate of drug-likeness (QED) is 0.0419. The van der Waals surface area contributed by atoms with Gasteiger partial charge < -0.3 is 61.7 Å². The van der Waals surface area contributed by atoms with Gasteiger partial charge >= 0.3 is 23.9 Å². The highest BCUT2D eigenvalue weighted by Gasteiger charge is 2.40. The number of nitrogens with zero attached hydrogens (tertiary/aromatic N) is 7. The Kier molecular flexibility index (Phi) is 32.4. The van der Waals surface area contributed by atoms with E-state index >= 15 is 0 Å². The number of aryl methyl sites for hydroxylation is 2. The average Bonchev–Trinajstić information content (AvgIpc) is 1.63. The van der Waals surface area contributed by atoms with Gasteiger partial charge in [0.15, 0.2) is 0 Å². The van der Waals surface area contributed by atoms with Crippen molar-refractivity contribution < 1.29 is 85.2 Å². The number of aromatic carboxylic acids is 2. The summed E-state index contributed by atoms with van der Waals surface area (Å²) in [6, 6.07) is 48.5. The minimum atomic E-state index is -1.07. The standard InChI is InChI=1S/C32H34N2O4.C31H34N2O4.C29H36N2O5.C26H29NO5/c1-20(2)34(31(35)23-12-8-21(3)9-13-23)28-18-26-25-17-22(10-14-24-7-5-6-16-33-24)11-15-29(25)38-30(26)19-27(28)32(36)37-4;1-19(2)33(30(34)22-11-7-20(3)8-12-22)27-17-25-24-16-21(9-13-23-6-4-5-15-32-23)10-14-28(24)37-29(25)18-26(27)31(35)36;1-18(2)31(28(32)21-7-4-19(3)5-8-21)25-15-23-22-14-20(17-30-10-12-35-13-11-30)6-9-26(22)36-27(23)16-24(25)29(33)34;1-15(2)27(25(29)18-8-5-16(3)6-9-18)22-12-20-19-11-17(14-28)7-10-23(19)32-24(20)13-21(22)26(30)31-4/h5-7,10-11,14-21,23H,8-9,12-13H2,1-4H3;4-6,10,14-20,22H,7-9,11-13H2,1-3H3,(H,35,36);6,9,14-16,18-19,21H,4-5,7-8,10-13,17H2,1-3H3,(H,33,34);7,10-16,18H,5-6,8-9H2,1-4H3/b14-10+;;;. The molecule has 5 aliphatic rings. The summed E-state index contributed by atoms with van der Waals surface area (Å²) in [6.45, 7) is 28.7. The van der Waals surface area contributed by atoms with Crippen molar-refractivity contribution in [2.45, 2.75) is 229 Å². The lowest BCUT2D eigenvalue weighted by molar-refractivity contribution is -0.124. The lowest BCUT2D eigenvalue weighted by Gasteiger charge is -2.34. The van der Waals surface area contributed by atoms with Crippen molar-refractivity contribution in [3.63, 3.8) is 0 Å². The van der Waals surface area contributed by atoms with Crippen LogP contribution in [-0.2, 0) is 52.8 Å². The Labute approximate surface area is 834 Å². The van der Waals surface area contributed by atoms with Gasteiger partial charge in [0.2, 0.25) is 23.6 Å². The predicted molar refractivity (Wildman–Crippen MR) is 563 cm³/mol. The van der Waals surface area contributed by atoms with Crippen LogP contribution in [-0.4, -0.2) is 144 Å². The minimum absolute atomic E-state index is 0.0209. The van der Waals surface area contributed by atoms with E-state index in [0.29, 0.717) is 108 Å². The van der Waals surface area contributed by atoms with E-state index in [2.05, 4.69) is 66.8 Å². The van der Waals surface area contributed by atoms with Crippen molar-refractivity contribution in [2.75, 3.05) is 60.1 Å². The van der Waals surface area contributed by atoms with E-state index < -0.39 is 23.9 Å². The summed E-state index contributed by atoms with van der Waals surface area (Å²) in [7, 11) is 2.69. The fraction of sp³-hybridized carbons (Fsp3) is 0.415. The first kappa shape index (κ1) is 102. The van der Waals surface area contributed by atoms with Crippen molar-refractivity contribution in [3.05, 3.63) is 226 Å². The largest absolute Gasteiger partial charge is 0.478 e. The normalized spacial score (nSPS) is 19.0. The summed E-state index contributed by atoms with van der Waals surface area (Å²) in [4.78, 5) is 135. The summed E-state index contributed by atoms with van der Waals surface area (Å²) in [5.41, 5.74) is 13.4. The second kappa shape index (κ2) is 45.3. The van der Waals surface area contributed by atoms with E-state index in [9.17, 15) is 53.4 Å². The van der Waals surface area contributed by atoms with Crippen LogP contribution in [0.4, 0.5) is 22.7 Å². The first-order valence-electron chi connectivity index (χ1n) is 51.0. The molecule has 0 bridgehead atoms. The van der Waals surface area contributed by atoms with Gasteiger partial charge in [-0.3, -0.25) is 38.8 Å². The third-order valence-electron chi connectivity index (χ3n) is 29.5. The third-order valence-corrected chi connectivity index (χ3v) is 29.5. The van der Waals surface area contributed by atoms with Crippen molar-refractivity contribution in [1.82, 2.24) is 14.9 Å². The number of carbonyl (C=O) groups is 9. The SMILES string of the molecule is CC1CCC(C(=O)N(c2cc3c(cc2C(=O)O)oc2ccc(CCc4ccccn4)cc23)C(C)C)CC1.CC1CCC(C(=O)N(c2cc3c(cc2C(=O)O)oc2ccc(CN4CCOCC4)cc23)C(C)C)CC1.COC(=O)c1cc2oc3ccc(/C=C/c4ccccn4)cc3c2cc1N(C(=O)C1CCC(C)CC1)C(C)C.COC(=O)c1cc2oc3ccc(C=O)cc3c2cc1N(C(=O)C1CCC(C)CC1)C(C)C. The number of pyridine rings is 2. The number of furan rings is 4. The van der Waals surface area contributed by atoms with Crippen LogP contribution in [0.1, 0.15) is 266 Å². The molecule has 25 nitrogen and oxygen atoms in total. The number of methoxy groups -OCH3 is 2. The van der Waals surface area contributed by atoms with E-state index in [0.717, 1.165) is 220 Å². The topological polar surface area (TPSA) is 316 Å². The number of morpholine rings is 1. The summed E-state index contributed by atoms with van der Waals surface area (Å²) in [5.74, 6) is -0.668. The molecule has 7 heterocycles. The molecule has 0 unspecified atom stereocenters. The number of carbonyl (C=O) groups excluding carboxylic acids is 7. The molecule has 0 atom stereocenters. The van der Waals surface area contributed by atoms with Crippen LogP contribution in [0.5, 0.6) is 0 Å². The van der Waals surface area contributed by atoms with Gasteiger partial charge in [-0.2, -0.15) is 0 Å². The molecule has 4 aliphatic carbocycles. The smallest absolute Gasteiger partial charge is 0.340 e. The molecule has 748 valence electrons. The maximum Gasteiger partial charge on any atom is 0.340 e. The summed E-state index contributed by atoms with van der Waals surface area (Å²) in [5, 5.41) is 27.0. The first-order chi connectivity index (χ1) is 68.8. The van der Waals surface area contributed by atoms with Gasteiger partial charge in [-0.15, -0.1) is 0 Å². The van der Waals surface area contributed by atoms with Crippen LogP contribution < -0.4 is 19.6 Å². The van der Waals surface area contributed by atoms with Gasteiger partial charge in [0.25, 0.3) is 0 Å². The Balaban J connectivity index is 0.000000137. The number of hydrogen-bond acceptors (Lipinski definition) is 19. The Morgan fingerprint density at radius 1 is 0.371 bits per heavy atom. The number of hydrogen-bond donors (Lipinski definition) is 2. The van der Waals surface area contributed by atoms with Crippen LogP contribution in [0.2, 0.25) is 0 Å². The van der Waals surface area contributed by atoms with E-state index in [1.165, 1.54) is 19.8 Å². The number of fused-ring (bicyclic) bond motifs is 12. The van der Waals surface area contributed by atoms with Crippen molar-refractivity contribution >= 4 is 176 Å². The lowest BCUT2D eigenvalue weighted by atomic mass is 9.82. The highest BCUT2D eigenvalue weighted by molar-refractivity contribution is 6.18. The Morgan fingerprint density at radius 3 is 1.05 bits per heavy atom. The Morgan fingerprint density at radius 2 is 0.699 bits per heavy atom. The predicted octanol–water partition coefficient (Wildman–Crippen LogP) is 26.0. The molecule has 6 aromatic heterocycles. The van der Waals surface area contributed by atoms with E-state index in [4.69, 9.17) is 31.9 Å². The molecule has 1 aliphatic heterocycles. The lowest BCUT2D eigenvalue weighted by Crippen LogP contribution is -2.43. The highest BCUT2D eigenvalue weighted by Crippen LogP contribution is 2.46. The number of carboxylic acid groups (broad SMARTS) is 2. The highest BCUT2D eigenvalue weighted by atomic mass is 16.5. The molecule has 2 N–H and O–H groups in total. The summed E-state index contributed by atoms with van der Waals surface area (Å²) in [6.07, 6.45) is 25.2. The van der Waals surface area contributed by atoms with Gasteiger partial charge in [0.1, 0.15) is 51.0 Å². The number of ether oxygens (including phenoxy) is 3. The van der Waals surface area contributed by atoms with Crippen LogP contribution in [0.15, 0.2) is 188 Å². The molecular weight excluding hydrogens is 1800 g/mol. The molecule has 4 saturated carbocycles. The summed E-state index contributed by atoms with van der Waals surface area (Å²) < 4.78 is 39.9. The molecule has 1 saturated heterocycles. The molecule has 4 amide bonds. The molecular formula is C118H133N7O18. The maximum atomic E-state index is 13.9. The second-order valence-electron chi connectivity index (χ2n) is 41.1. The molecule has 0 radical (unpaired) electrons. The van der Waals surface area contributed by atoms with Crippen molar-refractivity contribution in [1.29, 1.82) is 0 Å².